The molecule has 0 radical (unpaired) electrons. The van der Waals surface area contributed by atoms with Crippen LogP contribution in [-0.4, -0.2) is 23.7 Å². The fourth-order valence-corrected chi connectivity index (χ4v) is 3.82. The fraction of sp³-hybridized carbons (Fsp3) is 0.238. The predicted molar refractivity (Wildman–Crippen MR) is 111 cm³/mol. The molecule has 2 N–H and O–H groups in total. The van der Waals surface area contributed by atoms with E-state index in [1.165, 1.54) is 10.6 Å². The maximum absolute atomic E-state index is 12.0. The van der Waals surface area contributed by atoms with Gasteiger partial charge in [0.05, 0.1) is 16.3 Å². The average molecular weight is 398 g/mol. The summed E-state index contributed by atoms with van der Waals surface area (Å²) in [6, 6.07) is 16.5. The molecule has 7 heteroatoms. The van der Waals surface area contributed by atoms with Crippen LogP contribution in [-0.2, 0) is 29.7 Å². The first-order chi connectivity index (χ1) is 13.3. The van der Waals surface area contributed by atoms with E-state index in [-0.39, 0.29) is 17.3 Å². The Bertz CT molecular complexity index is 1150. The minimum absolute atomic E-state index is 0.0863. The van der Waals surface area contributed by atoms with E-state index in [4.69, 9.17) is 5.73 Å². The number of hydrogen-bond donors (Lipinski definition) is 1. The van der Waals surface area contributed by atoms with Gasteiger partial charge in [-0.15, -0.1) is 0 Å². The highest BCUT2D eigenvalue weighted by Gasteiger charge is 2.11. The van der Waals surface area contributed by atoms with E-state index in [9.17, 15) is 13.2 Å². The molecular formula is C21H23N3O3S. The summed E-state index contributed by atoms with van der Waals surface area (Å²) in [6.07, 6.45) is 1.33. The van der Waals surface area contributed by atoms with Crippen LogP contribution >= 0.6 is 0 Å². The molecule has 0 aliphatic heterocycles. The summed E-state index contributed by atoms with van der Waals surface area (Å²) >= 11 is 0. The molecule has 0 fully saturated rings. The lowest BCUT2D eigenvalue weighted by molar-refractivity contribution is 0.597. The van der Waals surface area contributed by atoms with Crippen molar-refractivity contribution in [2.75, 3.05) is 11.5 Å². The second kappa shape index (κ2) is 7.98. The molecular weight excluding hydrogens is 374 g/mol. The molecule has 28 heavy (non-hydrogen) atoms. The molecule has 0 spiro atoms. The molecule has 6 nitrogen and oxygen atoms in total. The van der Waals surface area contributed by atoms with Crippen molar-refractivity contribution in [2.45, 2.75) is 24.7 Å². The number of rotatable bonds is 6. The van der Waals surface area contributed by atoms with Gasteiger partial charge in [0.25, 0.3) is 5.56 Å². The van der Waals surface area contributed by atoms with E-state index in [1.807, 2.05) is 30.3 Å². The molecule has 0 amide bonds. The number of nitrogens with zero attached hydrogens (tertiary/aromatic N) is 2. The topological polar surface area (TPSA) is 95.0 Å². The lowest BCUT2D eigenvalue weighted by Gasteiger charge is -2.08. The van der Waals surface area contributed by atoms with Crippen molar-refractivity contribution in [2.24, 2.45) is 7.05 Å². The van der Waals surface area contributed by atoms with E-state index >= 15 is 0 Å². The maximum Gasteiger partial charge on any atom is 0.254 e. The second-order valence-electron chi connectivity index (χ2n) is 6.63. The normalized spacial score (nSPS) is 11.5. The van der Waals surface area contributed by atoms with Gasteiger partial charge in [-0.2, -0.15) is 0 Å². The number of sulfone groups is 1. The highest BCUT2D eigenvalue weighted by atomic mass is 32.2. The van der Waals surface area contributed by atoms with Gasteiger partial charge in [0, 0.05) is 13.1 Å². The zero-order chi connectivity index (χ0) is 20.3. The molecule has 1 heterocycles. The first-order valence-electron chi connectivity index (χ1n) is 9.04. The Morgan fingerprint density at radius 1 is 1.00 bits per heavy atom. The lowest BCUT2D eigenvalue weighted by atomic mass is 10.0. The molecule has 0 unspecified atom stereocenters. The predicted octanol–water partition coefficient (Wildman–Crippen LogP) is 2.61. The second-order valence-corrected chi connectivity index (χ2v) is 8.91. The first-order valence-corrected chi connectivity index (χ1v) is 10.7. The molecule has 3 aromatic rings. The van der Waals surface area contributed by atoms with E-state index in [0.717, 1.165) is 23.1 Å². The van der Waals surface area contributed by atoms with Gasteiger partial charge in [0.1, 0.15) is 0 Å². The Morgan fingerprint density at radius 2 is 1.71 bits per heavy atom. The van der Waals surface area contributed by atoms with Crippen LogP contribution in [0.5, 0.6) is 0 Å². The minimum Gasteiger partial charge on any atom is -0.369 e. The molecule has 0 saturated heterocycles. The number of nitrogen functional groups attached to an aromatic ring is 1. The summed E-state index contributed by atoms with van der Waals surface area (Å²) in [7, 11) is -1.61. The summed E-state index contributed by atoms with van der Waals surface area (Å²) in [4.78, 5) is 16.4. The third kappa shape index (κ3) is 4.31. The Kier molecular flexibility index (Phi) is 5.65. The van der Waals surface area contributed by atoms with E-state index < -0.39 is 9.84 Å². The first kappa shape index (κ1) is 19.8. The highest BCUT2D eigenvalue weighted by molar-refractivity contribution is 7.91. The average Bonchev–Trinajstić information content (AvgIpc) is 2.70. The van der Waals surface area contributed by atoms with E-state index in [1.54, 1.807) is 26.1 Å². The van der Waals surface area contributed by atoms with Crippen molar-refractivity contribution in [1.82, 2.24) is 9.55 Å². The Morgan fingerprint density at radius 3 is 2.36 bits per heavy atom. The van der Waals surface area contributed by atoms with Crippen molar-refractivity contribution in [1.29, 1.82) is 0 Å². The number of hydrogen-bond acceptors (Lipinski definition) is 5. The van der Waals surface area contributed by atoms with Gasteiger partial charge in [-0.05, 0) is 41.7 Å². The van der Waals surface area contributed by atoms with Crippen LogP contribution in [0.15, 0.2) is 64.3 Å². The van der Waals surface area contributed by atoms with Gasteiger partial charge in [-0.1, -0.05) is 43.3 Å². The van der Waals surface area contributed by atoms with Crippen LogP contribution in [0.3, 0.4) is 0 Å². The van der Waals surface area contributed by atoms with Gasteiger partial charge < -0.3 is 5.73 Å². The van der Waals surface area contributed by atoms with Crippen LogP contribution in [0.4, 0.5) is 5.95 Å². The third-order valence-corrected chi connectivity index (χ3v) is 6.50. The molecule has 2 aromatic carbocycles. The minimum atomic E-state index is -3.20. The Labute approximate surface area is 164 Å². The highest BCUT2D eigenvalue weighted by Crippen LogP contribution is 2.23. The smallest absolute Gasteiger partial charge is 0.254 e. The SMILES string of the molecule is CCS(=O)(=O)c1ccc(-c2cccc(CCc3cc(=O)n(C)c(N)n3)c2)cc1. The van der Waals surface area contributed by atoms with Gasteiger partial charge in [0.2, 0.25) is 5.95 Å². The van der Waals surface area contributed by atoms with E-state index in [0.29, 0.717) is 17.0 Å². The summed E-state index contributed by atoms with van der Waals surface area (Å²) in [5.74, 6) is 0.293. The number of nitrogens with two attached hydrogens (primary N) is 1. The van der Waals surface area contributed by atoms with Gasteiger partial charge in [-0.3, -0.25) is 9.36 Å². The van der Waals surface area contributed by atoms with Crippen molar-refractivity contribution >= 4 is 15.8 Å². The fourth-order valence-electron chi connectivity index (χ4n) is 2.93. The Hall–Kier alpha value is -2.93. The van der Waals surface area contributed by atoms with Crippen LogP contribution in [0, 0.1) is 0 Å². The molecule has 146 valence electrons. The standard InChI is InChI=1S/C21H23N3O3S/c1-3-28(26,27)19-11-8-16(9-12-19)17-6-4-5-15(13-17)7-10-18-14-20(25)24(2)21(22)23-18/h4-6,8-9,11-14H,3,7,10H2,1-2H3,(H2,22,23). The maximum atomic E-state index is 12.0. The van der Waals surface area contributed by atoms with Gasteiger partial charge >= 0.3 is 0 Å². The molecule has 0 atom stereocenters. The number of anilines is 1. The van der Waals surface area contributed by atoms with Crippen molar-refractivity contribution in [3.05, 3.63) is 76.2 Å². The molecule has 0 saturated carbocycles. The number of aryl methyl sites for hydroxylation is 2. The number of aromatic nitrogens is 2. The zero-order valence-corrected chi connectivity index (χ0v) is 16.7. The van der Waals surface area contributed by atoms with Crippen LogP contribution in [0.1, 0.15) is 18.2 Å². The van der Waals surface area contributed by atoms with Crippen LogP contribution < -0.4 is 11.3 Å². The van der Waals surface area contributed by atoms with Gasteiger partial charge in [0.15, 0.2) is 9.84 Å². The molecule has 0 aliphatic carbocycles. The van der Waals surface area contributed by atoms with Crippen molar-refractivity contribution in [3.8, 4) is 11.1 Å². The van der Waals surface area contributed by atoms with Crippen molar-refractivity contribution < 1.29 is 8.42 Å². The molecule has 0 aliphatic rings. The number of benzene rings is 2. The van der Waals surface area contributed by atoms with Crippen LogP contribution in [0.25, 0.3) is 11.1 Å². The molecule has 3 rings (SSSR count). The summed E-state index contributed by atoms with van der Waals surface area (Å²) in [6.45, 7) is 1.64. The Balaban J connectivity index is 1.78. The third-order valence-electron chi connectivity index (χ3n) is 4.75. The monoisotopic (exact) mass is 397 g/mol. The van der Waals surface area contributed by atoms with Gasteiger partial charge in [-0.25, -0.2) is 13.4 Å². The summed E-state index contributed by atoms with van der Waals surface area (Å²) < 4.78 is 25.2. The largest absolute Gasteiger partial charge is 0.369 e. The molecule has 1 aromatic heterocycles. The zero-order valence-electron chi connectivity index (χ0n) is 15.9. The summed E-state index contributed by atoms with van der Waals surface area (Å²) in [5, 5.41) is 0. The summed E-state index contributed by atoms with van der Waals surface area (Å²) in [5.41, 5.74) is 9.31. The van der Waals surface area contributed by atoms with Crippen molar-refractivity contribution in [3.63, 3.8) is 0 Å². The molecule has 0 bridgehead atoms. The van der Waals surface area contributed by atoms with E-state index in [2.05, 4.69) is 11.1 Å². The lowest BCUT2D eigenvalue weighted by Crippen LogP contribution is -2.21. The quantitative estimate of drug-likeness (QED) is 0.690. The van der Waals surface area contributed by atoms with Crippen LogP contribution in [0.2, 0.25) is 0 Å².